The highest BCUT2D eigenvalue weighted by atomic mass is 32.1. The van der Waals surface area contributed by atoms with Crippen molar-refractivity contribution in [2.45, 2.75) is 0 Å². The van der Waals surface area contributed by atoms with Gasteiger partial charge in [-0.2, -0.15) is 0 Å². The van der Waals surface area contributed by atoms with Crippen LogP contribution in [0.4, 0.5) is 5.69 Å². The fourth-order valence-corrected chi connectivity index (χ4v) is 2.07. The molecule has 0 amide bonds. The summed E-state index contributed by atoms with van der Waals surface area (Å²) in [7, 11) is 2.04. The van der Waals surface area contributed by atoms with Gasteiger partial charge < -0.3 is 15.4 Å². The second-order valence-electron chi connectivity index (χ2n) is 4.47. The van der Waals surface area contributed by atoms with E-state index in [9.17, 15) is 0 Å². The van der Waals surface area contributed by atoms with Crippen molar-refractivity contribution in [3.63, 3.8) is 0 Å². The van der Waals surface area contributed by atoms with E-state index in [0.717, 1.165) is 17.9 Å². The summed E-state index contributed by atoms with van der Waals surface area (Å²) in [5, 5.41) is 0. The molecule has 4 heteroatoms. The number of hydrogen-bond acceptors (Lipinski definition) is 3. The van der Waals surface area contributed by atoms with Crippen molar-refractivity contribution in [1.29, 1.82) is 0 Å². The number of thiocarbonyl (C=S) groups is 1. The summed E-state index contributed by atoms with van der Waals surface area (Å²) in [6, 6.07) is 17.8. The quantitative estimate of drug-likeness (QED) is 0.829. The molecule has 2 N–H and O–H groups in total. The summed E-state index contributed by atoms with van der Waals surface area (Å²) in [5.41, 5.74) is 7.63. The lowest BCUT2D eigenvalue weighted by atomic mass is 10.2. The van der Waals surface area contributed by atoms with Crippen LogP contribution in [0.25, 0.3) is 0 Å². The molecule has 104 valence electrons. The van der Waals surface area contributed by atoms with Crippen molar-refractivity contribution in [2.75, 3.05) is 25.1 Å². The highest BCUT2D eigenvalue weighted by molar-refractivity contribution is 7.80. The van der Waals surface area contributed by atoms with Gasteiger partial charge in [-0.3, -0.25) is 0 Å². The lowest BCUT2D eigenvalue weighted by molar-refractivity contribution is 0.325. The molecule has 0 bridgehead atoms. The van der Waals surface area contributed by atoms with Gasteiger partial charge in [-0.15, -0.1) is 0 Å². The van der Waals surface area contributed by atoms with Crippen LogP contribution in [-0.2, 0) is 0 Å². The number of benzene rings is 2. The highest BCUT2D eigenvalue weighted by Crippen LogP contribution is 2.18. The molecule has 0 aliphatic heterocycles. The Morgan fingerprint density at radius 1 is 1.10 bits per heavy atom. The van der Waals surface area contributed by atoms with Crippen LogP contribution in [0, 0.1) is 0 Å². The number of hydrogen-bond donors (Lipinski definition) is 1. The van der Waals surface area contributed by atoms with Gasteiger partial charge in [-0.05, 0) is 24.3 Å². The topological polar surface area (TPSA) is 38.5 Å². The van der Waals surface area contributed by atoms with E-state index in [-0.39, 0.29) is 0 Å². The van der Waals surface area contributed by atoms with Crippen LogP contribution in [0.2, 0.25) is 0 Å². The van der Waals surface area contributed by atoms with Crippen LogP contribution in [0.1, 0.15) is 5.56 Å². The Labute approximate surface area is 125 Å². The number of anilines is 1. The van der Waals surface area contributed by atoms with Crippen LogP contribution in [0.5, 0.6) is 5.75 Å². The molecule has 0 saturated carbocycles. The molecule has 2 aromatic carbocycles. The first kappa shape index (κ1) is 14.3. The van der Waals surface area contributed by atoms with Crippen LogP contribution < -0.4 is 15.4 Å². The number of para-hydroxylation sites is 2. The predicted octanol–water partition coefficient (Wildman–Crippen LogP) is 2.84. The van der Waals surface area contributed by atoms with Crippen LogP contribution in [0.15, 0.2) is 54.6 Å². The molecule has 0 radical (unpaired) electrons. The van der Waals surface area contributed by atoms with Crippen molar-refractivity contribution in [3.8, 4) is 5.75 Å². The number of nitrogens with two attached hydrogens (primary N) is 1. The molecule has 2 rings (SSSR count). The molecule has 3 nitrogen and oxygen atoms in total. The van der Waals surface area contributed by atoms with Gasteiger partial charge in [0, 0.05) is 12.7 Å². The van der Waals surface area contributed by atoms with Crippen molar-refractivity contribution < 1.29 is 4.74 Å². The maximum atomic E-state index is 5.78. The zero-order valence-electron chi connectivity index (χ0n) is 11.5. The summed E-state index contributed by atoms with van der Waals surface area (Å²) >= 11 is 5.02. The molecule has 0 aromatic heterocycles. The van der Waals surface area contributed by atoms with E-state index in [1.54, 1.807) is 0 Å². The molecule has 20 heavy (non-hydrogen) atoms. The van der Waals surface area contributed by atoms with Crippen LogP contribution >= 0.6 is 12.2 Å². The lowest BCUT2D eigenvalue weighted by Gasteiger charge is -2.19. The molecule has 0 aliphatic rings. The predicted molar refractivity (Wildman–Crippen MR) is 87.5 cm³/mol. The Morgan fingerprint density at radius 3 is 2.45 bits per heavy atom. The van der Waals surface area contributed by atoms with Crippen molar-refractivity contribution in [1.82, 2.24) is 0 Å². The van der Waals surface area contributed by atoms with Crippen molar-refractivity contribution in [2.24, 2.45) is 5.73 Å². The normalized spacial score (nSPS) is 10.1. The number of likely N-dealkylation sites (N-methyl/N-ethyl adjacent to an activating group) is 1. The molecule has 0 atom stereocenters. The molecule has 0 spiro atoms. The summed E-state index contributed by atoms with van der Waals surface area (Å²) in [6.45, 7) is 1.36. The third-order valence-electron chi connectivity index (χ3n) is 3.03. The summed E-state index contributed by atoms with van der Waals surface area (Å²) in [5.74, 6) is 0.737. The van der Waals surface area contributed by atoms with Gasteiger partial charge in [-0.25, -0.2) is 0 Å². The Kier molecular flexibility index (Phi) is 4.96. The van der Waals surface area contributed by atoms with Gasteiger partial charge in [0.2, 0.25) is 0 Å². The van der Waals surface area contributed by atoms with Gasteiger partial charge in [-0.1, -0.05) is 42.5 Å². The van der Waals surface area contributed by atoms with Crippen molar-refractivity contribution in [3.05, 3.63) is 60.2 Å². The second-order valence-corrected chi connectivity index (χ2v) is 4.91. The zero-order chi connectivity index (χ0) is 14.4. The average molecular weight is 286 g/mol. The standard InChI is InChI=1S/C16H18N2OS/c1-18(13-7-3-2-4-8-13)11-12-19-15-10-6-5-9-14(15)16(17)20/h2-10H,11-12H2,1H3,(H2,17,20). The highest BCUT2D eigenvalue weighted by Gasteiger charge is 2.06. The Hall–Kier alpha value is -2.07. The largest absolute Gasteiger partial charge is 0.491 e. The summed E-state index contributed by atoms with van der Waals surface area (Å²) in [6.07, 6.45) is 0. The first-order chi connectivity index (χ1) is 9.68. The Balaban J connectivity index is 1.92. The zero-order valence-corrected chi connectivity index (χ0v) is 12.3. The van der Waals surface area contributed by atoms with E-state index < -0.39 is 0 Å². The molecular weight excluding hydrogens is 268 g/mol. The van der Waals surface area contributed by atoms with E-state index in [1.807, 2.05) is 49.5 Å². The average Bonchev–Trinajstić information content (AvgIpc) is 2.48. The summed E-state index contributed by atoms with van der Waals surface area (Å²) < 4.78 is 5.78. The van der Waals surface area contributed by atoms with Crippen LogP contribution in [-0.4, -0.2) is 25.2 Å². The van der Waals surface area contributed by atoms with Gasteiger partial charge in [0.05, 0.1) is 12.1 Å². The third kappa shape index (κ3) is 3.71. The number of rotatable bonds is 6. The van der Waals surface area contributed by atoms with E-state index in [0.29, 0.717) is 11.6 Å². The van der Waals surface area contributed by atoms with Gasteiger partial charge in [0.25, 0.3) is 0 Å². The lowest BCUT2D eigenvalue weighted by Crippen LogP contribution is -2.24. The molecule has 0 aliphatic carbocycles. The van der Waals surface area contributed by atoms with Crippen molar-refractivity contribution >= 4 is 22.9 Å². The molecule has 2 aromatic rings. The maximum absolute atomic E-state index is 5.78. The number of ether oxygens (including phenoxy) is 1. The molecule has 0 heterocycles. The fraction of sp³-hybridized carbons (Fsp3) is 0.188. The van der Waals surface area contributed by atoms with E-state index in [2.05, 4.69) is 17.0 Å². The third-order valence-corrected chi connectivity index (χ3v) is 3.25. The Bertz CT molecular complexity index is 572. The first-order valence-corrected chi connectivity index (χ1v) is 6.87. The minimum atomic E-state index is 0.358. The maximum Gasteiger partial charge on any atom is 0.129 e. The van der Waals surface area contributed by atoms with Crippen LogP contribution in [0.3, 0.4) is 0 Å². The van der Waals surface area contributed by atoms with Gasteiger partial charge in [0.15, 0.2) is 0 Å². The van der Waals surface area contributed by atoms with E-state index in [1.165, 1.54) is 5.69 Å². The second kappa shape index (κ2) is 6.91. The minimum absolute atomic E-state index is 0.358. The van der Waals surface area contributed by atoms with Gasteiger partial charge in [0.1, 0.15) is 17.3 Å². The summed E-state index contributed by atoms with van der Waals surface area (Å²) in [4.78, 5) is 2.50. The fourth-order valence-electron chi connectivity index (χ4n) is 1.90. The minimum Gasteiger partial charge on any atom is -0.491 e. The smallest absolute Gasteiger partial charge is 0.129 e. The monoisotopic (exact) mass is 286 g/mol. The molecule has 0 unspecified atom stereocenters. The SMILES string of the molecule is CN(CCOc1ccccc1C(N)=S)c1ccccc1. The molecule has 0 fully saturated rings. The van der Waals surface area contributed by atoms with Gasteiger partial charge >= 0.3 is 0 Å². The molecular formula is C16H18N2OS. The van der Waals surface area contributed by atoms with E-state index >= 15 is 0 Å². The molecule has 0 saturated heterocycles. The van der Waals surface area contributed by atoms with E-state index in [4.69, 9.17) is 22.7 Å². The number of nitrogens with zero attached hydrogens (tertiary/aromatic N) is 1. The first-order valence-electron chi connectivity index (χ1n) is 6.46. The Morgan fingerprint density at radius 2 is 1.75 bits per heavy atom.